The van der Waals surface area contributed by atoms with Crippen molar-refractivity contribution in [3.8, 4) is 0 Å². The van der Waals surface area contributed by atoms with E-state index in [1.807, 2.05) is 63.2 Å². The molecule has 3 rings (SSSR count). The van der Waals surface area contributed by atoms with Gasteiger partial charge < -0.3 is 5.32 Å². The zero-order valence-electron chi connectivity index (χ0n) is 15.4. The number of anilines is 1. The van der Waals surface area contributed by atoms with E-state index in [9.17, 15) is 14.4 Å². The minimum Gasteiger partial charge on any atom is -0.324 e. The van der Waals surface area contributed by atoms with Crippen molar-refractivity contribution in [2.24, 2.45) is 0 Å². The van der Waals surface area contributed by atoms with Gasteiger partial charge in [-0.05, 0) is 55.8 Å². The number of amides is 3. The molecule has 27 heavy (non-hydrogen) atoms. The van der Waals surface area contributed by atoms with Crippen LogP contribution in [0.1, 0.15) is 22.3 Å². The monoisotopic (exact) mass is 380 g/mol. The van der Waals surface area contributed by atoms with E-state index in [2.05, 4.69) is 5.32 Å². The zero-order valence-corrected chi connectivity index (χ0v) is 16.2. The first kappa shape index (κ1) is 18.9. The molecule has 0 unspecified atom stereocenters. The van der Waals surface area contributed by atoms with Gasteiger partial charge >= 0.3 is 0 Å². The molecule has 2 aromatic carbocycles. The van der Waals surface area contributed by atoms with E-state index in [1.165, 1.54) is 0 Å². The Bertz CT molecular complexity index is 948. The largest absolute Gasteiger partial charge is 0.324 e. The first-order valence-corrected chi connectivity index (χ1v) is 9.34. The number of thioether (sulfide) groups is 1. The van der Waals surface area contributed by atoms with Crippen LogP contribution in [0.4, 0.5) is 10.5 Å². The predicted octanol–water partition coefficient (Wildman–Crippen LogP) is 4.29. The molecule has 0 atom stereocenters. The Kier molecular flexibility index (Phi) is 5.46. The summed E-state index contributed by atoms with van der Waals surface area (Å²) in [6, 6.07) is 13.3. The van der Waals surface area contributed by atoms with Gasteiger partial charge in [-0.3, -0.25) is 19.3 Å². The van der Waals surface area contributed by atoms with E-state index < -0.39 is 17.1 Å². The minimum atomic E-state index is -0.443. The second-order valence-electron chi connectivity index (χ2n) is 6.55. The molecule has 0 saturated carbocycles. The quantitative estimate of drug-likeness (QED) is 0.804. The van der Waals surface area contributed by atoms with Crippen LogP contribution in [0.2, 0.25) is 0 Å². The molecular formula is C21H20N2O3S. The summed E-state index contributed by atoms with van der Waals surface area (Å²) in [5, 5.41) is 2.33. The lowest BCUT2D eigenvalue weighted by atomic mass is 10.1. The van der Waals surface area contributed by atoms with Crippen LogP contribution < -0.4 is 5.32 Å². The Hall–Kier alpha value is -2.86. The third kappa shape index (κ3) is 4.46. The molecule has 3 amide bonds. The molecule has 0 aliphatic carbocycles. The predicted molar refractivity (Wildman–Crippen MR) is 108 cm³/mol. The first-order chi connectivity index (χ1) is 12.8. The van der Waals surface area contributed by atoms with Crippen LogP contribution in [-0.2, 0) is 9.59 Å². The number of aryl methyl sites for hydroxylation is 3. The number of rotatable bonds is 4. The lowest BCUT2D eigenvalue weighted by Gasteiger charge is -2.14. The second-order valence-corrected chi connectivity index (χ2v) is 7.54. The molecule has 2 aromatic rings. The number of hydrogen-bond acceptors (Lipinski definition) is 4. The summed E-state index contributed by atoms with van der Waals surface area (Å²) in [4.78, 5) is 38.3. The number of benzene rings is 2. The molecule has 1 N–H and O–H groups in total. The van der Waals surface area contributed by atoms with Crippen molar-refractivity contribution in [1.29, 1.82) is 0 Å². The zero-order chi connectivity index (χ0) is 19.6. The third-order valence-corrected chi connectivity index (χ3v) is 5.11. The molecule has 6 heteroatoms. The Labute approximate surface area is 162 Å². The molecule has 1 aliphatic heterocycles. The van der Waals surface area contributed by atoms with Gasteiger partial charge in [0, 0.05) is 5.69 Å². The van der Waals surface area contributed by atoms with Gasteiger partial charge in [0.05, 0.1) is 4.91 Å². The fraction of sp³-hybridized carbons (Fsp3) is 0.190. The van der Waals surface area contributed by atoms with Crippen LogP contribution in [0.25, 0.3) is 6.08 Å². The number of nitrogens with one attached hydrogen (secondary N) is 1. The Morgan fingerprint density at radius 3 is 2.37 bits per heavy atom. The van der Waals surface area contributed by atoms with Crippen LogP contribution in [0, 0.1) is 20.8 Å². The average Bonchev–Trinajstić information content (AvgIpc) is 2.87. The van der Waals surface area contributed by atoms with Gasteiger partial charge in [0.2, 0.25) is 5.91 Å². The highest BCUT2D eigenvalue weighted by atomic mass is 32.2. The summed E-state index contributed by atoms with van der Waals surface area (Å²) in [6.45, 7) is 5.54. The van der Waals surface area contributed by atoms with Crippen LogP contribution in [-0.4, -0.2) is 28.5 Å². The highest BCUT2D eigenvalue weighted by Crippen LogP contribution is 2.32. The molecule has 0 bridgehead atoms. The topological polar surface area (TPSA) is 66.5 Å². The van der Waals surface area contributed by atoms with E-state index in [4.69, 9.17) is 0 Å². The molecule has 1 saturated heterocycles. The third-order valence-electron chi connectivity index (χ3n) is 4.21. The summed E-state index contributed by atoms with van der Waals surface area (Å²) < 4.78 is 0. The molecule has 0 radical (unpaired) electrons. The van der Waals surface area contributed by atoms with E-state index >= 15 is 0 Å². The lowest BCUT2D eigenvalue weighted by molar-refractivity contribution is -0.127. The van der Waals surface area contributed by atoms with Gasteiger partial charge in [-0.1, -0.05) is 47.5 Å². The smallest absolute Gasteiger partial charge is 0.294 e. The van der Waals surface area contributed by atoms with E-state index in [1.54, 1.807) is 6.08 Å². The van der Waals surface area contributed by atoms with E-state index in [0.717, 1.165) is 38.9 Å². The van der Waals surface area contributed by atoms with Gasteiger partial charge in [0.25, 0.3) is 11.1 Å². The maximum atomic E-state index is 12.5. The van der Waals surface area contributed by atoms with Crippen LogP contribution >= 0.6 is 11.8 Å². The highest BCUT2D eigenvalue weighted by Gasteiger charge is 2.36. The van der Waals surface area contributed by atoms with E-state index in [0.29, 0.717) is 10.6 Å². The maximum absolute atomic E-state index is 12.5. The van der Waals surface area contributed by atoms with Gasteiger partial charge in [0.15, 0.2) is 0 Å². The van der Waals surface area contributed by atoms with Crippen molar-refractivity contribution in [3.63, 3.8) is 0 Å². The summed E-state index contributed by atoms with van der Waals surface area (Å²) >= 11 is 0.853. The average molecular weight is 380 g/mol. The number of hydrogen-bond donors (Lipinski definition) is 1. The molecule has 0 spiro atoms. The van der Waals surface area contributed by atoms with Gasteiger partial charge in [-0.25, -0.2) is 0 Å². The molecule has 0 aromatic heterocycles. The molecular weight excluding hydrogens is 360 g/mol. The van der Waals surface area contributed by atoms with Crippen molar-refractivity contribution >= 4 is 40.6 Å². The molecule has 5 nitrogen and oxygen atoms in total. The van der Waals surface area contributed by atoms with Crippen LogP contribution in [0.5, 0.6) is 0 Å². The number of carbonyl (C=O) groups excluding carboxylic acids is 3. The Morgan fingerprint density at radius 2 is 1.70 bits per heavy atom. The molecule has 1 heterocycles. The standard InChI is InChI=1S/C21H20N2O3S/c1-13-4-7-16(8-5-13)11-18-20(25)23(21(26)27-18)12-19(24)22-17-9-6-14(2)10-15(17)3/h4-11H,12H2,1-3H3,(H,22,24)/b18-11+. The van der Waals surface area contributed by atoms with Crippen molar-refractivity contribution in [2.75, 3.05) is 11.9 Å². The fourth-order valence-corrected chi connectivity index (χ4v) is 3.58. The summed E-state index contributed by atoms with van der Waals surface area (Å²) in [7, 11) is 0. The van der Waals surface area contributed by atoms with Gasteiger partial charge in [-0.2, -0.15) is 0 Å². The minimum absolute atomic E-state index is 0.302. The van der Waals surface area contributed by atoms with Gasteiger partial charge in [-0.15, -0.1) is 0 Å². The van der Waals surface area contributed by atoms with Crippen molar-refractivity contribution in [3.05, 3.63) is 69.6 Å². The summed E-state index contributed by atoms with van der Waals surface area (Å²) in [5.41, 5.74) is 4.65. The van der Waals surface area contributed by atoms with Crippen LogP contribution in [0.3, 0.4) is 0 Å². The number of nitrogens with zero attached hydrogens (tertiary/aromatic N) is 1. The molecule has 1 aliphatic rings. The SMILES string of the molecule is Cc1ccc(/C=C2/SC(=O)N(CC(=O)Nc3ccc(C)cc3C)C2=O)cc1. The highest BCUT2D eigenvalue weighted by molar-refractivity contribution is 8.18. The fourth-order valence-electron chi connectivity index (χ4n) is 2.74. The lowest BCUT2D eigenvalue weighted by Crippen LogP contribution is -2.36. The second kappa shape index (κ2) is 7.80. The van der Waals surface area contributed by atoms with Crippen molar-refractivity contribution < 1.29 is 14.4 Å². The Morgan fingerprint density at radius 1 is 1.04 bits per heavy atom. The van der Waals surface area contributed by atoms with E-state index in [-0.39, 0.29) is 6.54 Å². The first-order valence-electron chi connectivity index (χ1n) is 8.52. The van der Waals surface area contributed by atoms with Crippen molar-refractivity contribution in [2.45, 2.75) is 20.8 Å². The van der Waals surface area contributed by atoms with Crippen LogP contribution in [0.15, 0.2) is 47.4 Å². The maximum Gasteiger partial charge on any atom is 0.294 e. The summed E-state index contributed by atoms with van der Waals surface area (Å²) in [5.74, 6) is -0.845. The number of imide groups is 1. The molecule has 1 fully saturated rings. The summed E-state index contributed by atoms with van der Waals surface area (Å²) in [6.07, 6.45) is 1.67. The molecule has 138 valence electrons. The van der Waals surface area contributed by atoms with Crippen molar-refractivity contribution in [1.82, 2.24) is 4.90 Å². The normalized spacial score (nSPS) is 15.5. The Balaban J connectivity index is 1.69. The number of carbonyl (C=O) groups is 3. The van der Waals surface area contributed by atoms with Gasteiger partial charge in [0.1, 0.15) is 6.54 Å².